The number of benzene rings is 1. The van der Waals surface area contributed by atoms with E-state index in [1.54, 1.807) is 0 Å². The van der Waals surface area contributed by atoms with Crippen LogP contribution in [0.3, 0.4) is 0 Å². The standard InChI is InChI=1S/C17H15N5/c1-10-14-8-11(3-4-15(14)22-17(18-2)21-10)13-7-12-5-6-19-16(12)20-9-13/h3-9H,1-2H3,(H,19,20)(H,18,21,22). The number of hydrogen-bond acceptors (Lipinski definition) is 4. The molecular weight excluding hydrogens is 274 g/mol. The third-order valence-corrected chi connectivity index (χ3v) is 3.84. The number of aryl methyl sites for hydroxylation is 1. The molecule has 0 amide bonds. The lowest BCUT2D eigenvalue weighted by Crippen LogP contribution is -1.98. The van der Waals surface area contributed by atoms with Gasteiger partial charge in [0.25, 0.3) is 0 Å². The van der Waals surface area contributed by atoms with Crippen molar-refractivity contribution in [3.63, 3.8) is 0 Å². The normalized spacial score (nSPS) is 11.2. The number of pyridine rings is 1. The molecule has 108 valence electrons. The Morgan fingerprint density at radius 1 is 1.05 bits per heavy atom. The Labute approximate surface area is 127 Å². The summed E-state index contributed by atoms with van der Waals surface area (Å²) in [6.07, 6.45) is 3.79. The quantitative estimate of drug-likeness (QED) is 0.592. The van der Waals surface area contributed by atoms with Crippen LogP contribution in [0.15, 0.2) is 42.7 Å². The Balaban J connectivity index is 1.89. The predicted molar refractivity (Wildman–Crippen MR) is 88.9 cm³/mol. The van der Waals surface area contributed by atoms with Gasteiger partial charge in [-0.05, 0) is 36.8 Å². The maximum atomic E-state index is 4.49. The van der Waals surface area contributed by atoms with Crippen molar-refractivity contribution < 1.29 is 0 Å². The van der Waals surface area contributed by atoms with E-state index in [1.165, 1.54) is 0 Å². The average molecular weight is 289 g/mol. The minimum atomic E-state index is 0.646. The molecule has 0 bridgehead atoms. The Morgan fingerprint density at radius 2 is 1.95 bits per heavy atom. The Morgan fingerprint density at radius 3 is 2.82 bits per heavy atom. The number of hydrogen-bond donors (Lipinski definition) is 2. The van der Waals surface area contributed by atoms with Crippen LogP contribution < -0.4 is 5.32 Å². The summed E-state index contributed by atoms with van der Waals surface area (Å²) < 4.78 is 0. The molecule has 2 N–H and O–H groups in total. The number of aromatic nitrogens is 4. The maximum Gasteiger partial charge on any atom is 0.223 e. The van der Waals surface area contributed by atoms with E-state index in [1.807, 2.05) is 38.5 Å². The first-order valence-electron chi connectivity index (χ1n) is 7.14. The lowest BCUT2D eigenvalue weighted by molar-refractivity contribution is 1.14. The summed E-state index contributed by atoms with van der Waals surface area (Å²) in [5.41, 5.74) is 5.02. The molecular formula is C17H15N5. The fraction of sp³-hybridized carbons (Fsp3) is 0.118. The van der Waals surface area contributed by atoms with E-state index in [9.17, 15) is 0 Å². The van der Waals surface area contributed by atoms with E-state index in [0.717, 1.165) is 38.8 Å². The zero-order valence-corrected chi connectivity index (χ0v) is 12.4. The fourth-order valence-corrected chi connectivity index (χ4v) is 2.67. The van der Waals surface area contributed by atoms with Crippen molar-refractivity contribution in [2.24, 2.45) is 0 Å². The zero-order chi connectivity index (χ0) is 15.1. The van der Waals surface area contributed by atoms with Gasteiger partial charge in [0.15, 0.2) is 0 Å². The molecule has 1 aromatic carbocycles. The number of rotatable bonds is 2. The average Bonchev–Trinajstić information content (AvgIpc) is 3.02. The second kappa shape index (κ2) is 4.80. The van der Waals surface area contributed by atoms with Crippen molar-refractivity contribution in [1.29, 1.82) is 0 Å². The van der Waals surface area contributed by atoms with E-state index in [-0.39, 0.29) is 0 Å². The molecule has 0 unspecified atom stereocenters. The van der Waals surface area contributed by atoms with Crippen molar-refractivity contribution in [2.75, 3.05) is 12.4 Å². The number of H-pyrrole nitrogens is 1. The highest BCUT2D eigenvalue weighted by atomic mass is 15.1. The van der Waals surface area contributed by atoms with Gasteiger partial charge >= 0.3 is 0 Å². The van der Waals surface area contributed by atoms with Crippen molar-refractivity contribution >= 4 is 27.9 Å². The summed E-state index contributed by atoms with van der Waals surface area (Å²) in [7, 11) is 1.83. The molecule has 0 radical (unpaired) electrons. The molecule has 0 aliphatic heterocycles. The van der Waals surface area contributed by atoms with Crippen LogP contribution in [0.2, 0.25) is 0 Å². The molecule has 5 heteroatoms. The van der Waals surface area contributed by atoms with Gasteiger partial charge in [-0.3, -0.25) is 0 Å². The first kappa shape index (κ1) is 12.8. The molecule has 0 saturated heterocycles. The summed E-state index contributed by atoms with van der Waals surface area (Å²) >= 11 is 0. The summed E-state index contributed by atoms with van der Waals surface area (Å²) in [4.78, 5) is 16.5. The molecule has 0 atom stereocenters. The molecule has 0 fully saturated rings. The minimum absolute atomic E-state index is 0.646. The highest BCUT2D eigenvalue weighted by Crippen LogP contribution is 2.27. The Bertz CT molecular complexity index is 987. The fourth-order valence-electron chi connectivity index (χ4n) is 2.67. The van der Waals surface area contributed by atoms with Crippen LogP contribution in [-0.2, 0) is 0 Å². The van der Waals surface area contributed by atoms with Crippen LogP contribution in [0, 0.1) is 6.92 Å². The Kier molecular flexibility index (Phi) is 2.79. The van der Waals surface area contributed by atoms with Gasteiger partial charge in [0.05, 0.1) is 11.2 Å². The molecule has 0 spiro atoms. The van der Waals surface area contributed by atoms with Gasteiger partial charge in [0.2, 0.25) is 5.95 Å². The number of nitrogens with one attached hydrogen (secondary N) is 2. The number of anilines is 1. The van der Waals surface area contributed by atoms with E-state index < -0.39 is 0 Å². The maximum absolute atomic E-state index is 4.49. The van der Waals surface area contributed by atoms with Gasteiger partial charge in [-0.1, -0.05) is 6.07 Å². The first-order chi connectivity index (χ1) is 10.7. The van der Waals surface area contributed by atoms with Crippen molar-refractivity contribution in [2.45, 2.75) is 6.92 Å². The van der Waals surface area contributed by atoms with Crippen LogP contribution >= 0.6 is 0 Å². The monoisotopic (exact) mass is 289 g/mol. The van der Waals surface area contributed by atoms with E-state index in [2.05, 4.69) is 43.5 Å². The number of nitrogens with zero attached hydrogens (tertiary/aromatic N) is 3. The summed E-state index contributed by atoms with van der Waals surface area (Å²) in [5.74, 6) is 0.646. The minimum Gasteiger partial charge on any atom is -0.357 e. The van der Waals surface area contributed by atoms with Gasteiger partial charge in [-0.15, -0.1) is 0 Å². The van der Waals surface area contributed by atoms with Crippen molar-refractivity contribution in [1.82, 2.24) is 19.9 Å². The molecule has 0 aliphatic carbocycles. The molecule has 0 aliphatic rings. The second-order valence-corrected chi connectivity index (χ2v) is 5.25. The third kappa shape index (κ3) is 1.98. The summed E-state index contributed by atoms with van der Waals surface area (Å²) in [5, 5.41) is 5.16. The van der Waals surface area contributed by atoms with Gasteiger partial charge < -0.3 is 10.3 Å². The lowest BCUT2D eigenvalue weighted by atomic mass is 10.0. The molecule has 4 rings (SSSR count). The molecule has 5 nitrogen and oxygen atoms in total. The van der Waals surface area contributed by atoms with Gasteiger partial charge in [-0.25, -0.2) is 15.0 Å². The van der Waals surface area contributed by atoms with Crippen LogP contribution in [0.4, 0.5) is 5.95 Å². The lowest BCUT2D eigenvalue weighted by Gasteiger charge is -2.07. The highest BCUT2D eigenvalue weighted by molar-refractivity contribution is 5.88. The van der Waals surface area contributed by atoms with Crippen molar-refractivity contribution in [3.05, 3.63) is 48.4 Å². The van der Waals surface area contributed by atoms with Gasteiger partial charge in [-0.2, -0.15) is 0 Å². The largest absolute Gasteiger partial charge is 0.357 e. The van der Waals surface area contributed by atoms with Crippen LogP contribution in [0.25, 0.3) is 33.1 Å². The summed E-state index contributed by atoms with van der Waals surface area (Å²) in [6.45, 7) is 2.00. The predicted octanol–water partition coefficient (Wildman–Crippen LogP) is 3.52. The zero-order valence-electron chi connectivity index (χ0n) is 12.4. The van der Waals surface area contributed by atoms with E-state index >= 15 is 0 Å². The Hall–Kier alpha value is -2.95. The number of fused-ring (bicyclic) bond motifs is 2. The first-order valence-corrected chi connectivity index (χ1v) is 7.14. The smallest absolute Gasteiger partial charge is 0.223 e. The van der Waals surface area contributed by atoms with Gasteiger partial charge in [0, 0.05) is 35.8 Å². The van der Waals surface area contributed by atoms with E-state index in [0.29, 0.717) is 5.95 Å². The highest BCUT2D eigenvalue weighted by Gasteiger charge is 2.07. The SMILES string of the molecule is CNc1nc(C)c2cc(-c3cnc4[nH]ccc4c3)ccc2n1. The molecule has 4 aromatic rings. The number of aromatic amines is 1. The topological polar surface area (TPSA) is 66.5 Å². The third-order valence-electron chi connectivity index (χ3n) is 3.84. The molecule has 3 aromatic heterocycles. The molecule has 0 saturated carbocycles. The molecule has 22 heavy (non-hydrogen) atoms. The molecule has 3 heterocycles. The van der Waals surface area contributed by atoms with Crippen LogP contribution in [0.1, 0.15) is 5.69 Å². The van der Waals surface area contributed by atoms with Crippen LogP contribution in [0.5, 0.6) is 0 Å². The van der Waals surface area contributed by atoms with E-state index in [4.69, 9.17) is 0 Å². The van der Waals surface area contributed by atoms with Gasteiger partial charge in [0.1, 0.15) is 5.65 Å². The second-order valence-electron chi connectivity index (χ2n) is 5.25. The van der Waals surface area contributed by atoms with Crippen molar-refractivity contribution in [3.8, 4) is 11.1 Å². The summed E-state index contributed by atoms with van der Waals surface area (Å²) in [6, 6.07) is 10.4. The van der Waals surface area contributed by atoms with Crippen LogP contribution in [-0.4, -0.2) is 27.0 Å².